The normalized spacial score (nSPS) is 28.0. The van der Waals surface area contributed by atoms with E-state index < -0.39 is 336 Å². The molecule has 3 aromatic rings. The highest BCUT2D eigenvalue weighted by Gasteiger charge is 2.45. The van der Waals surface area contributed by atoms with Crippen molar-refractivity contribution in [2.75, 3.05) is 62.3 Å². The summed E-state index contributed by atoms with van der Waals surface area (Å²) in [6, 6.07) is -8.41. The van der Waals surface area contributed by atoms with E-state index in [0.717, 1.165) is 0 Å². The molecule has 9 unspecified atom stereocenters. The van der Waals surface area contributed by atoms with E-state index in [1.54, 1.807) is 91.0 Å². The molecule has 0 aromatic heterocycles. The molecule has 31 N–H and O–H groups in total. The van der Waals surface area contributed by atoms with Crippen molar-refractivity contribution in [2.24, 2.45) is 28.9 Å². The van der Waals surface area contributed by atoms with Crippen molar-refractivity contribution in [3.05, 3.63) is 108 Å². The highest BCUT2D eigenvalue weighted by molar-refractivity contribution is 8.00. The number of carboxylic acid groups (broad SMARTS) is 2. The monoisotopic (exact) mass is 2040 g/mol. The second-order valence-electron chi connectivity index (χ2n) is 34.9. The fourth-order valence-electron chi connectivity index (χ4n) is 15.6. The third kappa shape index (κ3) is 35.8. The maximum atomic E-state index is 16.2. The lowest BCUT2D eigenvalue weighted by molar-refractivity contribution is -0.152. The lowest BCUT2D eigenvalue weighted by Crippen LogP contribution is -2.64. The number of hydrogen-bond donors (Lipinski definition) is 27. The minimum atomic E-state index is -2.99. The van der Waals surface area contributed by atoms with E-state index in [-0.39, 0.29) is 71.0 Å². The zero-order chi connectivity index (χ0) is 104. The molecule has 774 valence electrons. The number of thioether (sulfide) groups is 3. The van der Waals surface area contributed by atoms with Crippen molar-refractivity contribution in [3.8, 4) is 0 Å². The van der Waals surface area contributed by atoms with Crippen molar-refractivity contribution >= 4 is 171 Å². The van der Waals surface area contributed by atoms with Gasteiger partial charge in [0.15, 0.2) is 12.1 Å². The molecular weight excluding hydrogens is 1920 g/mol. The number of nitrogens with two attached hydrogens (primary N) is 4. The Bertz CT molecular complexity index is 5060. The van der Waals surface area contributed by atoms with E-state index in [4.69, 9.17) is 28.3 Å². The molecule has 50 nitrogen and oxygen atoms in total. The van der Waals surface area contributed by atoms with Crippen LogP contribution in [-0.2, 0) is 125 Å². The Morgan fingerprint density at radius 2 is 0.915 bits per heavy atom. The minimum Gasteiger partial charge on any atom is -0.480 e. The number of carbonyl (C=O) groups excluding carboxylic acids is 20. The average molecular weight is 2040 g/mol. The number of guanidine groups is 1. The summed E-state index contributed by atoms with van der Waals surface area (Å²) in [5, 5.41) is 85.1. The molecule has 5 aliphatic heterocycles. The molecule has 142 heavy (non-hydrogen) atoms. The molecule has 3 aromatic carbocycles. The van der Waals surface area contributed by atoms with Crippen LogP contribution in [0.25, 0.3) is 0 Å². The lowest BCUT2D eigenvalue weighted by Gasteiger charge is -2.32. The van der Waals surface area contributed by atoms with Gasteiger partial charge < -0.3 is 144 Å². The van der Waals surface area contributed by atoms with Gasteiger partial charge in [-0.2, -0.15) is 35.3 Å². The Hall–Kier alpha value is -13.8. The van der Waals surface area contributed by atoms with Gasteiger partial charge in [-0.1, -0.05) is 119 Å². The third-order valence-corrected chi connectivity index (χ3v) is 27.3. The maximum Gasteiger partial charge on any atom is 0.335 e. The van der Waals surface area contributed by atoms with Crippen LogP contribution in [-0.4, -0.2) is 338 Å². The summed E-state index contributed by atoms with van der Waals surface area (Å²) in [6.45, 7) is 2.41. The summed E-state index contributed by atoms with van der Waals surface area (Å²) in [6.07, 6.45) is -7.39. The molecule has 5 saturated heterocycles. The molecule has 0 spiro atoms. The topological polar surface area (TPSA) is 796 Å². The molecule has 53 heteroatoms. The Kier molecular flexibility index (Phi) is 44.8. The molecule has 0 aliphatic carbocycles. The number of nitrogens with one attached hydrogen (secondary N) is 20. The van der Waals surface area contributed by atoms with Crippen LogP contribution < -0.4 is 124 Å². The predicted molar refractivity (Wildman–Crippen MR) is 514 cm³/mol. The van der Waals surface area contributed by atoms with E-state index in [2.05, 4.69) is 90.4 Å². The van der Waals surface area contributed by atoms with Crippen molar-refractivity contribution in [3.63, 3.8) is 0 Å². The van der Waals surface area contributed by atoms with Gasteiger partial charge in [0.05, 0.1) is 25.6 Å². The van der Waals surface area contributed by atoms with Gasteiger partial charge in [-0.3, -0.25) is 101 Å². The molecule has 0 radical (unpaired) electrons. The number of amides is 20. The largest absolute Gasteiger partial charge is 0.480 e. The highest BCUT2D eigenvalue weighted by atomic mass is 32.2. The van der Waals surface area contributed by atoms with Crippen molar-refractivity contribution in [1.82, 2.24) is 106 Å². The van der Waals surface area contributed by atoms with Crippen LogP contribution in [0.5, 0.6) is 0 Å². The summed E-state index contributed by atoms with van der Waals surface area (Å²) >= 11 is 1.81. The second-order valence-corrected chi connectivity index (χ2v) is 38.8. The molecule has 6 bridgehead atoms. The molecular formula is C89H125N25O25S3. The molecule has 20 atom stereocenters. The quantitative estimate of drug-likeness (QED) is 0.0229. The Morgan fingerprint density at radius 1 is 0.458 bits per heavy atom. The van der Waals surface area contributed by atoms with Gasteiger partial charge >= 0.3 is 11.9 Å². The number of hydrogen-bond acceptors (Lipinski definition) is 29. The number of aliphatic hydroxyl groups is 1. The van der Waals surface area contributed by atoms with Crippen LogP contribution >= 0.6 is 35.3 Å². The van der Waals surface area contributed by atoms with Crippen LogP contribution in [0.15, 0.2) is 91.0 Å². The number of aliphatic hydroxyl groups excluding tert-OH is 1. The summed E-state index contributed by atoms with van der Waals surface area (Å²) in [5.41, 5.74) is 24.6. The standard InChI is InChI=1S/C89H125N25O25S3/c1-43(2)66-84(133)109-59-41-140-40-58-79(128)108-60-42-142-45(4)68(86(135)105-55(75(124)110-66)34-48-22-12-7-13-23-48)111-76(125)54(33-47-20-10-6-11-21-47)104-82(131)61-26-17-31-114(61)65(118)38-98-72(121)53(32-46-18-8-5-9-19-46)103-78(127)57(106-80(60)129)36-95-29-15-14-24-52(87(136)137)102-85(134)67(112-77(126)56(35-63(92)116)99-64(117)37-97-83(132)69(113-81(59)130)70(119)88(138)139)44(3)141-39-49(90)71(120)100-50(25-16-30-96-89(93)94)73(122)101-51(74(123)107-58)27-28-62(91)115/h5-13,18-23,43-45,49-61,66-70,95,119H,14-17,24-42,90H2,1-4H3,(H2,91,115)(H2,92,116)(H,97,132)(H,98,121)(H,99,117)(H,100,120)(H,101,122)(H,102,134)(H,103,127)(H,104,131)(H,105,135)(H,106,129)(H,107,123)(H,108,128)(H,109,133)(H,110,124)(H,111,125)(H,112,126)(H,113,130)(H,136,137)(H,138,139)(H4,93,94,96)/t44-,45?,49+,50+,51+,52+,53+,54+,55+,56+,57?,58?,59?,60?,61?,66-,67?,68?,69?,70-/m1/s1. The molecule has 5 aliphatic rings. The van der Waals surface area contributed by atoms with Gasteiger partial charge in [0.1, 0.15) is 96.7 Å². The summed E-state index contributed by atoms with van der Waals surface area (Å²) in [7, 11) is 0. The summed E-state index contributed by atoms with van der Waals surface area (Å²) in [4.78, 5) is 327. The van der Waals surface area contributed by atoms with Crippen LogP contribution in [0, 0.1) is 11.3 Å². The van der Waals surface area contributed by atoms with Crippen LogP contribution in [0.2, 0.25) is 0 Å². The number of benzene rings is 3. The summed E-state index contributed by atoms with van der Waals surface area (Å²) < 4.78 is 0. The molecule has 20 amide bonds. The second kappa shape index (κ2) is 56.0. The zero-order valence-corrected chi connectivity index (χ0v) is 80.8. The first-order valence-corrected chi connectivity index (χ1v) is 49.3. The fourth-order valence-corrected chi connectivity index (χ4v) is 18.8. The van der Waals surface area contributed by atoms with E-state index in [0.29, 0.717) is 52.0 Å². The van der Waals surface area contributed by atoms with Crippen molar-refractivity contribution in [2.45, 2.75) is 230 Å². The van der Waals surface area contributed by atoms with Gasteiger partial charge in [0, 0.05) is 78.8 Å². The number of nitrogens with zero attached hydrogens (tertiary/aromatic N) is 1. The fraction of sp³-hybridized carbons (Fsp3) is 0.539. The van der Waals surface area contributed by atoms with Crippen LogP contribution in [0.1, 0.15) is 109 Å². The first-order chi connectivity index (χ1) is 67.4. The Morgan fingerprint density at radius 3 is 1.47 bits per heavy atom. The first kappa shape index (κ1) is 113. The van der Waals surface area contributed by atoms with Crippen molar-refractivity contribution in [1.29, 1.82) is 5.41 Å². The number of fused-ring (bicyclic) bond motifs is 22. The van der Waals surface area contributed by atoms with Gasteiger partial charge in [-0.15, -0.1) is 0 Å². The van der Waals surface area contributed by atoms with Crippen LogP contribution in [0.3, 0.4) is 0 Å². The smallest absolute Gasteiger partial charge is 0.335 e. The van der Waals surface area contributed by atoms with Crippen molar-refractivity contribution < 1.29 is 121 Å². The van der Waals surface area contributed by atoms with Crippen LogP contribution in [0.4, 0.5) is 0 Å². The van der Waals surface area contributed by atoms with E-state index in [1.807, 2.05) is 10.6 Å². The first-order valence-electron chi connectivity index (χ1n) is 46.0. The van der Waals surface area contributed by atoms with Gasteiger partial charge in [-0.05, 0) is 80.5 Å². The third-order valence-electron chi connectivity index (χ3n) is 23.5. The lowest BCUT2D eigenvalue weighted by atomic mass is 10.00. The van der Waals surface area contributed by atoms with E-state index in [1.165, 1.54) is 32.6 Å². The SMILES string of the molecule is CC1SCC2NC(=O)C3CSCC4NC(=O)[C@@H](C(C)C)NC(=O)[C@H](Cc5ccccc5)NC(=O)C1NC(=O)[C@H](Cc1ccccc1)NC(=O)C1CCCN1C(=O)CNC(=O)[C@H](Cc1ccccc1)NC(=O)C(CNCCCC[C@@H](C(=O)O)NC(=O)C(NC(=O)[C@H](CC(N)=O)NC(=O)CNC(=O)C([C@@H](O)C(=O)O)NC4=O)[C@@H](C)SC[C@H](N)C(=O)N[C@@H](CCCNC(=N)N)C(=O)N[C@@H](CCC(N)=O)C(=O)N3)NC2=O. The number of carboxylic acids is 2. The number of rotatable bonds is 19. The predicted octanol–water partition coefficient (Wildman–Crippen LogP) is -10.1. The molecule has 8 rings (SSSR count). The van der Waals surface area contributed by atoms with Gasteiger partial charge in [0.2, 0.25) is 118 Å². The summed E-state index contributed by atoms with van der Waals surface area (Å²) in [5.74, 6) is -33.2. The Labute approximate surface area is 828 Å². The van der Waals surface area contributed by atoms with E-state index >= 15 is 52.7 Å². The number of primary amides is 2. The highest BCUT2D eigenvalue weighted by Crippen LogP contribution is 2.24. The molecule has 0 saturated carbocycles. The average Bonchev–Trinajstić information content (AvgIpc) is 1.70. The molecule has 5 fully saturated rings. The van der Waals surface area contributed by atoms with E-state index in [9.17, 15) is 68.1 Å². The number of aliphatic carboxylic acids is 2. The van der Waals surface area contributed by atoms with Gasteiger partial charge in [-0.25, -0.2) is 9.59 Å². The maximum absolute atomic E-state index is 16.2. The number of carbonyl (C=O) groups is 22. The Balaban J connectivity index is 1.43. The van der Waals surface area contributed by atoms with Gasteiger partial charge in [0.25, 0.3) is 0 Å². The zero-order valence-electron chi connectivity index (χ0n) is 78.4. The minimum absolute atomic E-state index is 0.0274. The molecule has 5 heterocycles.